The Morgan fingerprint density at radius 3 is 2.33 bits per heavy atom. The monoisotopic (exact) mass is 377 g/mol. The molecule has 1 heterocycles. The first-order valence-electron chi connectivity index (χ1n) is 8.93. The van der Waals surface area contributed by atoms with Gasteiger partial charge in [0.05, 0.1) is 25.9 Å². The van der Waals surface area contributed by atoms with Crippen molar-refractivity contribution in [3.63, 3.8) is 0 Å². The minimum absolute atomic E-state index is 0.334. The Bertz CT molecular complexity index is 666. The Labute approximate surface area is 159 Å². The van der Waals surface area contributed by atoms with Crippen molar-refractivity contribution in [2.45, 2.75) is 13.8 Å². The van der Waals surface area contributed by atoms with E-state index in [1.165, 1.54) is 7.11 Å². The van der Waals surface area contributed by atoms with E-state index in [1.807, 2.05) is 0 Å². The fourth-order valence-electron chi connectivity index (χ4n) is 2.57. The summed E-state index contributed by atoms with van der Waals surface area (Å²) in [5.41, 5.74) is -0.344. The number of carbonyl (C=O) groups is 3. The molecule has 2 N–H and O–H groups in total. The van der Waals surface area contributed by atoms with Gasteiger partial charge >= 0.3 is 5.97 Å². The molecule has 0 saturated carbocycles. The van der Waals surface area contributed by atoms with Gasteiger partial charge in [0.1, 0.15) is 5.41 Å². The van der Waals surface area contributed by atoms with Gasteiger partial charge in [-0.15, -0.1) is 0 Å². The highest BCUT2D eigenvalue weighted by Crippen LogP contribution is 2.19. The number of carbonyl (C=O) groups excluding carboxylic acids is 3. The van der Waals surface area contributed by atoms with Crippen LogP contribution >= 0.6 is 0 Å². The third kappa shape index (κ3) is 5.77. The van der Waals surface area contributed by atoms with Gasteiger partial charge in [0.15, 0.2) is 0 Å². The van der Waals surface area contributed by atoms with E-state index in [0.717, 1.165) is 19.6 Å². The molecule has 2 amide bonds. The van der Waals surface area contributed by atoms with E-state index in [9.17, 15) is 14.4 Å². The van der Waals surface area contributed by atoms with Crippen LogP contribution in [0.1, 0.15) is 24.2 Å². The maximum atomic E-state index is 12.5. The second-order valence-corrected chi connectivity index (χ2v) is 6.86. The lowest BCUT2D eigenvalue weighted by molar-refractivity contribution is -0.138. The van der Waals surface area contributed by atoms with E-state index < -0.39 is 17.3 Å². The number of anilines is 1. The molecule has 2 rings (SSSR count). The zero-order valence-electron chi connectivity index (χ0n) is 16.0. The topological polar surface area (TPSA) is 97.0 Å². The molecule has 0 aromatic heterocycles. The van der Waals surface area contributed by atoms with Crippen molar-refractivity contribution >= 4 is 23.5 Å². The number of hydrogen-bond donors (Lipinski definition) is 2. The van der Waals surface area contributed by atoms with Gasteiger partial charge in [-0.05, 0) is 38.1 Å². The van der Waals surface area contributed by atoms with Crippen molar-refractivity contribution in [2.24, 2.45) is 5.41 Å². The van der Waals surface area contributed by atoms with Crippen molar-refractivity contribution in [3.05, 3.63) is 29.8 Å². The molecule has 0 atom stereocenters. The van der Waals surface area contributed by atoms with Crippen LogP contribution in [-0.2, 0) is 19.1 Å². The first-order chi connectivity index (χ1) is 12.8. The number of esters is 1. The summed E-state index contributed by atoms with van der Waals surface area (Å²) in [4.78, 5) is 38.6. The van der Waals surface area contributed by atoms with E-state index in [2.05, 4.69) is 20.3 Å². The van der Waals surface area contributed by atoms with Crippen LogP contribution in [0, 0.1) is 5.41 Å². The molecule has 0 bridgehead atoms. The lowest BCUT2D eigenvalue weighted by atomic mass is 9.91. The SMILES string of the molecule is COC(=O)c1ccc(NC(=O)C(C)(C)C(=O)NCCN2CCOCC2)cc1. The van der Waals surface area contributed by atoms with E-state index >= 15 is 0 Å². The average molecular weight is 377 g/mol. The van der Waals surface area contributed by atoms with Crippen LogP contribution in [0.3, 0.4) is 0 Å². The predicted molar refractivity (Wildman–Crippen MR) is 100 cm³/mol. The van der Waals surface area contributed by atoms with Gasteiger partial charge in [0, 0.05) is 31.9 Å². The lowest BCUT2D eigenvalue weighted by Crippen LogP contribution is -2.48. The van der Waals surface area contributed by atoms with Crippen LogP contribution in [-0.4, -0.2) is 69.2 Å². The van der Waals surface area contributed by atoms with Crippen molar-refractivity contribution in [3.8, 4) is 0 Å². The molecule has 0 aliphatic carbocycles. The smallest absolute Gasteiger partial charge is 0.337 e. The highest BCUT2D eigenvalue weighted by molar-refractivity contribution is 6.09. The number of methoxy groups -OCH3 is 1. The van der Waals surface area contributed by atoms with Crippen molar-refractivity contribution < 1.29 is 23.9 Å². The molecule has 0 unspecified atom stereocenters. The number of amides is 2. The number of rotatable bonds is 7. The summed E-state index contributed by atoms with van der Waals surface area (Å²) in [6.45, 7) is 7.46. The van der Waals surface area contributed by atoms with E-state index in [0.29, 0.717) is 31.0 Å². The second kappa shape index (κ2) is 9.48. The summed E-state index contributed by atoms with van der Waals surface area (Å²) in [6, 6.07) is 6.29. The Morgan fingerprint density at radius 1 is 1.11 bits per heavy atom. The van der Waals surface area contributed by atoms with Crippen LogP contribution in [0.2, 0.25) is 0 Å². The van der Waals surface area contributed by atoms with Crippen LogP contribution in [0.25, 0.3) is 0 Å². The zero-order chi connectivity index (χ0) is 19.9. The average Bonchev–Trinajstić information content (AvgIpc) is 2.68. The van der Waals surface area contributed by atoms with Crippen LogP contribution in [0.15, 0.2) is 24.3 Å². The minimum Gasteiger partial charge on any atom is -0.465 e. The van der Waals surface area contributed by atoms with Crippen LogP contribution < -0.4 is 10.6 Å². The molecule has 1 aliphatic rings. The van der Waals surface area contributed by atoms with E-state index in [1.54, 1.807) is 38.1 Å². The first-order valence-corrected chi connectivity index (χ1v) is 8.93. The molecule has 8 nitrogen and oxygen atoms in total. The number of ether oxygens (including phenoxy) is 2. The van der Waals surface area contributed by atoms with Crippen LogP contribution in [0.5, 0.6) is 0 Å². The van der Waals surface area contributed by atoms with Crippen molar-refractivity contribution in [1.82, 2.24) is 10.2 Å². The van der Waals surface area contributed by atoms with Gasteiger partial charge in [-0.3, -0.25) is 14.5 Å². The molecule has 1 aromatic rings. The van der Waals surface area contributed by atoms with Gasteiger partial charge in [0.2, 0.25) is 11.8 Å². The molecular formula is C19H27N3O5. The fourth-order valence-corrected chi connectivity index (χ4v) is 2.57. The van der Waals surface area contributed by atoms with E-state index in [-0.39, 0.29) is 5.91 Å². The fraction of sp³-hybridized carbons (Fsp3) is 0.526. The number of nitrogens with one attached hydrogen (secondary N) is 2. The molecular weight excluding hydrogens is 350 g/mol. The largest absolute Gasteiger partial charge is 0.465 e. The molecule has 0 spiro atoms. The summed E-state index contributed by atoms with van der Waals surface area (Å²) >= 11 is 0. The molecule has 1 aliphatic heterocycles. The molecule has 1 saturated heterocycles. The van der Waals surface area contributed by atoms with E-state index in [4.69, 9.17) is 4.74 Å². The van der Waals surface area contributed by atoms with Gasteiger partial charge in [-0.1, -0.05) is 0 Å². The third-order valence-electron chi connectivity index (χ3n) is 4.52. The Balaban J connectivity index is 1.85. The minimum atomic E-state index is -1.23. The maximum absolute atomic E-state index is 12.5. The van der Waals surface area contributed by atoms with Gasteiger partial charge in [-0.2, -0.15) is 0 Å². The number of morpholine rings is 1. The van der Waals surface area contributed by atoms with Gasteiger partial charge in [0.25, 0.3) is 0 Å². The van der Waals surface area contributed by atoms with Crippen LogP contribution in [0.4, 0.5) is 5.69 Å². The summed E-state index contributed by atoms with van der Waals surface area (Å²) in [5, 5.41) is 5.53. The number of nitrogens with zero attached hydrogens (tertiary/aromatic N) is 1. The third-order valence-corrected chi connectivity index (χ3v) is 4.52. The molecule has 1 aromatic carbocycles. The van der Waals surface area contributed by atoms with Gasteiger partial charge in [-0.25, -0.2) is 4.79 Å². The summed E-state index contributed by atoms with van der Waals surface area (Å²) in [7, 11) is 1.30. The van der Waals surface area contributed by atoms with Crippen molar-refractivity contribution in [2.75, 3.05) is 51.8 Å². The second-order valence-electron chi connectivity index (χ2n) is 6.86. The molecule has 1 fully saturated rings. The Kier molecular flexibility index (Phi) is 7.32. The molecule has 27 heavy (non-hydrogen) atoms. The molecule has 148 valence electrons. The molecule has 8 heteroatoms. The van der Waals surface area contributed by atoms with Gasteiger partial charge < -0.3 is 20.1 Å². The summed E-state index contributed by atoms with van der Waals surface area (Å²) < 4.78 is 9.92. The zero-order valence-corrected chi connectivity index (χ0v) is 16.0. The standard InChI is InChI=1S/C19H27N3O5/c1-19(2,17(24)20-8-9-22-10-12-27-13-11-22)18(25)21-15-6-4-14(5-7-15)16(23)26-3/h4-7H,8-13H2,1-3H3,(H,20,24)(H,21,25). The number of hydrogen-bond acceptors (Lipinski definition) is 6. The Hall–Kier alpha value is -2.45. The summed E-state index contributed by atoms with van der Waals surface area (Å²) in [5.74, 6) is -1.20. The lowest BCUT2D eigenvalue weighted by Gasteiger charge is -2.27. The maximum Gasteiger partial charge on any atom is 0.337 e. The summed E-state index contributed by atoms with van der Waals surface area (Å²) in [6.07, 6.45) is 0. The first kappa shape index (κ1) is 20.9. The highest BCUT2D eigenvalue weighted by atomic mass is 16.5. The molecule has 0 radical (unpaired) electrons. The predicted octanol–water partition coefficient (Wildman–Crippen LogP) is 0.886. The highest BCUT2D eigenvalue weighted by Gasteiger charge is 2.36. The number of benzene rings is 1. The van der Waals surface area contributed by atoms with Crippen molar-refractivity contribution in [1.29, 1.82) is 0 Å². The Morgan fingerprint density at radius 2 is 1.74 bits per heavy atom. The quantitative estimate of drug-likeness (QED) is 0.541. The normalized spacial score (nSPS) is 15.1.